The van der Waals surface area contributed by atoms with Crippen LogP contribution in [0.4, 0.5) is 0 Å². The average molecular weight is 151 g/mol. The van der Waals surface area contributed by atoms with Crippen molar-refractivity contribution in [3.63, 3.8) is 0 Å². The molecule has 0 amide bonds. The van der Waals surface area contributed by atoms with Crippen molar-refractivity contribution in [2.24, 2.45) is 0 Å². The summed E-state index contributed by atoms with van der Waals surface area (Å²) in [4.78, 5) is 4.13. The van der Waals surface area contributed by atoms with E-state index in [1.165, 1.54) is 5.56 Å². The second-order valence-electron chi connectivity index (χ2n) is 2.42. The van der Waals surface area contributed by atoms with Gasteiger partial charge >= 0.3 is 0 Å². The van der Waals surface area contributed by atoms with E-state index < -0.39 is 0 Å². The minimum Gasteiger partial charge on any atom is -0.481 e. The summed E-state index contributed by atoms with van der Waals surface area (Å²) in [5.41, 5.74) is 1.17. The quantitative estimate of drug-likeness (QED) is 0.600. The van der Waals surface area contributed by atoms with Gasteiger partial charge in [0.1, 0.15) is 0 Å². The van der Waals surface area contributed by atoms with Crippen LogP contribution < -0.4 is 9.47 Å². The van der Waals surface area contributed by atoms with Crippen LogP contribution in [0.3, 0.4) is 0 Å². The zero-order valence-electron chi connectivity index (χ0n) is 6.33. The SMILES string of the molecule is COc1ccc2c(n1)OCC2. The third-order valence-corrected chi connectivity index (χ3v) is 1.73. The average Bonchev–Trinajstić information content (AvgIpc) is 2.50. The molecule has 3 heteroatoms. The summed E-state index contributed by atoms with van der Waals surface area (Å²) in [6, 6.07) is 3.85. The lowest BCUT2D eigenvalue weighted by Crippen LogP contribution is -1.90. The van der Waals surface area contributed by atoms with Crippen LogP contribution in [0, 0.1) is 0 Å². The molecule has 1 aromatic rings. The first-order valence-electron chi connectivity index (χ1n) is 3.57. The van der Waals surface area contributed by atoms with Crippen molar-refractivity contribution in [2.75, 3.05) is 13.7 Å². The maximum atomic E-state index is 5.25. The fraction of sp³-hybridized carbons (Fsp3) is 0.375. The van der Waals surface area contributed by atoms with Crippen molar-refractivity contribution >= 4 is 0 Å². The number of fused-ring (bicyclic) bond motifs is 1. The summed E-state index contributed by atoms with van der Waals surface area (Å²) in [5, 5.41) is 0. The molecule has 1 aliphatic heterocycles. The monoisotopic (exact) mass is 151 g/mol. The molecule has 0 saturated carbocycles. The molecular formula is C8H9NO2. The van der Waals surface area contributed by atoms with Crippen molar-refractivity contribution < 1.29 is 9.47 Å². The highest BCUT2D eigenvalue weighted by atomic mass is 16.5. The second-order valence-corrected chi connectivity index (χ2v) is 2.42. The van der Waals surface area contributed by atoms with E-state index in [1.54, 1.807) is 7.11 Å². The number of ether oxygens (including phenoxy) is 2. The zero-order chi connectivity index (χ0) is 7.68. The normalized spacial score (nSPS) is 13.9. The summed E-state index contributed by atoms with van der Waals surface area (Å²) < 4.78 is 10.2. The van der Waals surface area contributed by atoms with E-state index in [2.05, 4.69) is 4.98 Å². The van der Waals surface area contributed by atoms with E-state index in [0.29, 0.717) is 5.88 Å². The Kier molecular flexibility index (Phi) is 1.42. The second kappa shape index (κ2) is 2.42. The van der Waals surface area contributed by atoms with E-state index >= 15 is 0 Å². The van der Waals surface area contributed by atoms with Crippen LogP contribution in [0.25, 0.3) is 0 Å². The van der Waals surface area contributed by atoms with Crippen molar-refractivity contribution in [3.8, 4) is 11.8 Å². The molecular weight excluding hydrogens is 142 g/mol. The molecule has 0 spiro atoms. The van der Waals surface area contributed by atoms with Gasteiger partial charge in [-0.25, -0.2) is 0 Å². The van der Waals surface area contributed by atoms with Crippen LogP contribution in [0.15, 0.2) is 12.1 Å². The van der Waals surface area contributed by atoms with Gasteiger partial charge in [-0.3, -0.25) is 0 Å². The number of hydrogen-bond acceptors (Lipinski definition) is 3. The van der Waals surface area contributed by atoms with E-state index in [1.807, 2.05) is 12.1 Å². The Morgan fingerprint density at radius 3 is 3.27 bits per heavy atom. The number of rotatable bonds is 1. The molecule has 58 valence electrons. The predicted octanol–water partition coefficient (Wildman–Crippen LogP) is 1.03. The van der Waals surface area contributed by atoms with Gasteiger partial charge in [0.25, 0.3) is 0 Å². The number of hydrogen-bond donors (Lipinski definition) is 0. The van der Waals surface area contributed by atoms with Crippen LogP contribution in [-0.2, 0) is 6.42 Å². The minimum atomic E-state index is 0.616. The molecule has 0 aromatic carbocycles. The van der Waals surface area contributed by atoms with E-state index in [4.69, 9.17) is 9.47 Å². The Bertz CT molecular complexity index is 273. The van der Waals surface area contributed by atoms with Gasteiger partial charge in [0.2, 0.25) is 11.8 Å². The highest BCUT2D eigenvalue weighted by Crippen LogP contribution is 2.24. The summed E-state index contributed by atoms with van der Waals surface area (Å²) in [5.74, 6) is 1.34. The van der Waals surface area contributed by atoms with Gasteiger partial charge < -0.3 is 9.47 Å². The molecule has 0 aliphatic carbocycles. The molecule has 1 aliphatic rings. The number of pyridine rings is 1. The Hall–Kier alpha value is -1.25. The molecule has 1 aromatic heterocycles. The Morgan fingerprint density at radius 2 is 2.45 bits per heavy atom. The molecule has 0 fully saturated rings. The van der Waals surface area contributed by atoms with Gasteiger partial charge in [0.15, 0.2) is 0 Å². The third-order valence-electron chi connectivity index (χ3n) is 1.73. The van der Waals surface area contributed by atoms with E-state index in [-0.39, 0.29) is 0 Å². The van der Waals surface area contributed by atoms with Crippen molar-refractivity contribution in [2.45, 2.75) is 6.42 Å². The van der Waals surface area contributed by atoms with Crippen molar-refractivity contribution in [1.82, 2.24) is 4.98 Å². The molecule has 0 radical (unpaired) electrons. The number of methoxy groups -OCH3 is 1. The molecule has 0 unspecified atom stereocenters. The summed E-state index contributed by atoms with van der Waals surface area (Å²) in [7, 11) is 1.60. The third kappa shape index (κ3) is 1.02. The maximum Gasteiger partial charge on any atom is 0.219 e. The Labute approximate surface area is 65.0 Å². The van der Waals surface area contributed by atoms with Crippen LogP contribution in [-0.4, -0.2) is 18.7 Å². The highest BCUT2D eigenvalue weighted by Gasteiger charge is 2.13. The minimum absolute atomic E-state index is 0.616. The zero-order valence-corrected chi connectivity index (χ0v) is 6.33. The summed E-state index contributed by atoms with van der Waals surface area (Å²) in [6.07, 6.45) is 0.965. The van der Waals surface area contributed by atoms with Gasteiger partial charge in [-0.1, -0.05) is 0 Å². The van der Waals surface area contributed by atoms with Gasteiger partial charge in [-0.15, -0.1) is 0 Å². The molecule has 3 nitrogen and oxygen atoms in total. The van der Waals surface area contributed by atoms with E-state index in [0.717, 1.165) is 18.9 Å². The van der Waals surface area contributed by atoms with Crippen molar-refractivity contribution in [1.29, 1.82) is 0 Å². The van der Waals surface area contributed by atoms with Crippen LogP contribution in [0.5, 0.6) is 11.8 Å². The Morgan fingerprint density at radius 1 is 1.55 bits per heavy atom. The molecule has 2 heterocycles. The van der Waals surface area contributed by atoms with Crippen LogP contribution in [0.2, 0.25) is 0 Å². The summed E-state index contributed by atoms with van der Waals surface area (Å²) >= 11 is 0. The standard InChI is InChI=1S/C8H9NO2/c1-10-7-3-2-6-4-5-11-8(6)9-7/h2-3H,4-5H2,1H3. The molecule has 0 N–H and O–H groups in total. The van der Waals surface area contributed by atoms with E-state index in [9.17, 15) is 0 Å². The fourth-order valence-corrected chi connectivity index (χ4v) is 1.14. The van der Waals surface area contributed by atoms with Crippen LogP contribution >= 0.6 is 0 Å². The largest absolute Gasteiger partial charge is 0.481 e. The number of aromatic nitrogens is 1. The van der Waals surface area contributed by atoms with Crippen LogP contribution in [0.1, 0.15) is 5.56 Å². The summed E-state index contributed by atoms with van der Waals surface area (Å²) in [6.45, 7) is 0.746. The van der Waals surface area contributed by atoms with Gasteiger partial charge in [-0.05, 0) is 6.07 Å². The van der Waals surface area contributed by atoms with Crippen molar-refractivity contribution in [3.05, 3.63) is 17.7 Å². The first kappa shape index (κ1) is 6.46. The predicted molar refractivity (Wildman–Crippen MR) is 40.0 cm³/mol. The molecule has 0 bridgehead atoms. The molecule has 0 saturated heterocycles. The first-order chi connectivity index (χ1) is 5.40. The molecule has 11 heavy (non-hydrogen) atoms. The lowest BCUT2D eigenvalue weighted by Gasteiger charge is -2.00. The highest BCUT2D eigenvalue weighted by molar-refractivity contribution is 5.33. The van der Waals surface area contributed by atoms with Gasteiger partial charge in [0.05, 0.1) is 13.7 Å². The molecule has 2 rings (SSSR count). The molecule has 0 atom stereocenters. The lowest BCUT2D eigenvalue weighted by atomic mass is 10.2. The maximum absolute atomic E-state index is 5.25. The topological polar surface area (TPSA) is 31.4 Å². The lowest BCUT2D eigenvalue weighted by molar-refractivity contribution is 0.333. The first-order valence-corrected chi connectivity index (χ1v) is 3.57. The van der Waals surface area contributed by atoms with Gasteiger partial charge in [-0.2, -0.15) is 4.98 Å². The Balaban J connectivity index is 2.41. The smallest absolute Gasteiger partial charge is 0.219 e. The fourth-order valence-electron chi connectivity index (χ4n) is 1.14. The number of nitrogens with zero attached hydrogens (tertiary/aromatic N) is 1. The van der Waals surface area contributed by atoms with Gasteiger partial charge in [0, 0.05) is 18.1 Å².